The number of rotatable bonds is 6. The topological polar surface area (TPSA) is 44.9 Å². The Morgan fingerprint density at radius 1 is 0.764 bits per heavy atom. The van der Waals surface area contributed by atoms with Gasteiger partial charge in [-0.05, 0) is 108 Å². The van der Waals surface area contributed by atoms with Crippen molar-refractivity contribution in [3.63, 3.8) is 0 Å². The van der Waals surface area contributed by atoms with Crippen LogP contribution in [-0.4, -0.2) is 19.3 Å². The summed E-state index contributed by atoms with van der Waals surface area (Å²) in [5, 5.41) is 7.68. The van der Waals surface area contributed by atoms with Crippen LogP contribution in [0.15, 0.2) is 90.6 Å². The molecule has 1 aliphatic carbocycles. The Balaban J connectivity index is 1.34. The average molecular weight is 735 g/mol. The molecule has 0 spiro atoms. The van der Waals surface area contributed by atoms with E-state index >= 15 is 0 Å². The number of hydrogen-bond donors (Lipinski definition) is 0. The van der Waals surface area contributed by atoms with E-state index in [9.17, 15) is 0 Å². The van der Waals surface area contributed by atoms with Gasteiger partial charge in [0.1, 0.15) is 17.3 Å². The van der Waals surface area contributed by atoms with Gasteiger partial charge in [-0.25, -0.2) is 9.67 Å². The van der Waals surface area contributed by atoms with Crippen LogP contribution in [0.3, 0.4) is 0 Å². The van der Waals surface area contributed by atoms with Gasteiger partial charge >= 0.3 is 0 Å². The van der Waals surface area contributed by atoms with Crippen LogP contribution in [-0.2, 0) is 5.41 Å². The third-order valence-corrected chi connectivity index (χ3v) is 12.0. The first kappa shape index (κ1) is 38.6. The number of aromatic nitrogens is 4. The maximum atomic E-state index is 6.85. The summed E-state index contributed by atoms with van der Waals surface area (Å²) in [5.41, 5.74) is 11.2. The minimum absolute atomic E-state index is 0.00491. The summed E-state index contributed by atoms with van der Waals surface area (Å²) in [6, 6.07) is 26.0. The third-order valence-electron chi connectivity index (χ3n) is 12.0. The van der Waals surface area contributed by atoms with Crippen molar-refractivity contribution < 1.29 is 4.74 Å². The van der Waals surface area contributed by atoms with Crippen molar-refractivity contribution in [2.75, 3.05) is 0 Å². The lowest BCUT2D eigenvalue weighted by atomic mass is 9.58. The summed E-state index contributed by atoms with van der Waals surface area (Å²) in [7, 11) is 0. The molecule has 6 aromatic rings. The molecule has 3 atom stereocenters. The standard InChI is InChI=1S/C50H62N4O/c1-30(2)34-25-36(54-33(5)46(32(4)52-54)47-41(49(9,10)11)23-31(3)24-42(47)50(12,13)14)28-38(26-34)55-37-19-20-40-39-17-15-16-18-43(39)53(44(40)29-37)45-27-35(21-22-51-45)48(6,7)8/h15-23,25-31,42,47H,24H2,1-14H3/t31-,42?,47-/m0/s1. The van der Waals surface area contributed by atoms with Crippen LogP contribution in [0, 0.1) is 36.5 Å². The number of aryl methyl sites for hydroxylation is 1. The Kier molecular flexibility index (Phi) is 9.71. The quantitative estimate of drug-likeness (QED) is 0.160. The zero-order valence-corrected chi connectivity index (χ0v) is 35.8. The van der Waals surface area contributed by atoms with Crippen LogP contribution >= 0.6 is 0 Å². The van der Waals surface area contributed by atoms with Gasteiger partial charge in [0.25, 0.3) is 0 Å². The Morgan fingerprint density at radius 2 is 1.47 bits per heavy atom. The predicted octanol–water partition coefficient (Wildman–Crippen LogP) is 14.0. The van der Waals surface area contributed by atoms with E-state index in [0.29, 0.717) is 23.7 Å². The maximum absolute atomic E-state index is 6.85. The van der Waals surface area contributed by atoms with E-state index in [-0.39, 0.29) is 16.2 Å². The second-order valence-corrected chi connectivity index (χ2v) is 19.7. The molecule has 288 valence electrons. The third kappa shape index (κ3) is 7.28. The molecule has 0 radical (unpaired) electrons. The Bertz CT molecular complexity index is 2420. The smallest absolute Gasteiger partial charge is 0.137 e. The van der Waals surface area contributed by atoms with Crippen molar-refractivity contribution in [1.29, 1.82) is 0 Å². The molecule has 0 N–H and O–H groups in total. The van der Waals surface area contributed by atoms with Crippen LogP contribution in [0.5, 0.6) is 11.5 Å². The average Bonchev–Trinajstić information content (AvgIpc) is 3.59. The number of hydrogen-bond acceptors (Lipinski definition) is 3. The highest BCUT2D eigenvalue weighted by Gasteiger charge is 2.44. The molecule has 1 unspecified atom stereocenters. The van der Waals surface area contributed by atoms with Gasteiger partial charge in [-0.1, -0.05) is 113 Å². The molecule has 0 aliphatic heterocycles. The summed E-state index contributed by atoms with van der Waals surface area (Å²) >= 11 is 0. The number of pyridine rings is 1. The Morgan fingerprint density at radius 3 is 2.15 bits per heavy atom. The molecular weight excluding hydrogens is 673 g/mol. The number of ether oxygens (including phenoxy) is 1. The minimum atomic E-state index is 0.00491. The fourth-order valence-corrected chi connectivity index (χ4v) is 9.04. The van der Waals surface area contributed by atoms with E-state index in [1.807, 2.05) is 6.20 Å². The van der Waals surface area contributed by atoms with Crippen LogP contribution in [0.1, 0.15) is 129 Å². The highest BCUT2D eigenvalue weighted by atomic mass is 16.5. The van der Waals surface area contributed by atoms with Crippen LogP contribution < -0.4 is 4.74 Å². The van der Waals surface area contributed by atoms with Crippen molar-refractivity contribution >= 4 is 21.8 Å². The van der Waals surface area contributed by atoms with E-state index < -0.39 is 0 Å². The van der Waals surface area contributed by atoms with Crippen molar-refractivity contribution in [2.45, 2.75) is 121 Å². The second-order valence-electron chi connectivity index (χ2n) is 19.7. The molecule has 3 aromatic carbocycles. The van der Waals surface area contributed by atoms with Gasteiger partial charge in [-0.3, -0.25) is 4.57 Å². The SMILES string of the molecule is Cc1nn(-c2cc(Oc3ccc4c5ccccc5n(-c5cc(C(C)(C)C)ccn5)c4c3)cc(C(C)C)c2)c(C)c1[C@H]1C(C(C)(C)C)=C[C@H](C)CC1C(C)(C)C. The summed E-state index contributed by atoms with van der Waals surface area (Å²) in [6.45, 7) is 32.5. The largest absolute Gasteiger partial charge is 0.457 e. The first-order valence-corrected chi connectivity index (χ1v) is 20.3. The maximum Gasteiger partial charge on any atom is 0.137 e. The monoisotopic (exact) mass is 734 g/mol. The van der Waals surface area contributed by atoms with Crippen LogP contribution in [0.4, 0.5) is 0 Å². The zero-order valence-electron chi connectivity index (χ0n) is 35.8. The van der Waals surface area contributed by atoms with Gasteiger partial charge < -0.3 is 4.74 Å². The highest BCUT2D eigenvalue weighted by Crippen LogP contribution is 2.54. The van der Waals surface area contributed by atoms with Crippen molar-refractivity contribution in [3.05, 3.63) is 119 Å². The molecule has 0 fully saturated rings. The molecule has 0 amide bonds. The molecular formula is C50H62N4O. The van der Waals surface area contributed by atoms with Crippen molar-refractivity contribution in [2.24, 2.45) is 22.7 Å². The zero-order chi connectivity index (χ0) is 39.8. The molecule has 0 saturated carbocycles. The van der Waals surface area contributed by atoms with Crippen molar-refractivity contribution in [1.82, 2.24) is 19.3 Å². The van der Waals surface area contributed by atoms with Gasteiger partial charge in [0.15, 0.2) is 0 Å². The van der Waals surface area contributed by atoms with Crippen molar-refractivity contribution in [3.8, 4) is 23.0 Å². The first-order valence-electron chi connectivity index (χ1n) is 20.3. The van der Waals surface area contributed by atoms with Gasteiger partial charge in [-0.15, -0.1) is 0 Å². The van der Waals surface area contributed by atoms with Crippen LogP contribution in [0.2, 0.25) is 0 Å². The second kappa shape index (κ2) is 13.8. The highest BCUT2D eigenvalue weighted by molar-refractivity contribution is 6.09. The van der Waals surface area contributed by atoms with E-state index in [2.05, 4.69) is 185 Å². The summed E-state index contributed by atoms with van der Waals surface area (Å²) in [6.07, 6.45) is 5.68. The number of allylic oxidation sites excluding steroid dienone is 2. The fourth-order valence-electron chi connectivity index (χ4n) is 9.04. The predicted molar refractivity (Wildman–Crippen MR) is 231 cm³/mol. The molecule has 0 bridgehead atoms. The lowest BCUT2D eigenvalue weighted by Crippen LogP contribution is -2.36. The molecule has 3 heterocycles. The molecule has 5 heteroatoms. The lowest BCUT2D eigenvalue weighted by molar-refractivity contribution is 0.162. The summed E-state index contributed by atoms with van der Waals surface area (Å²) in [5.74, 6) is 4.18. The van der Waals surface area contributed by atoms with Gasteiger partial charge in [-0.2, -0.15) is 5.10 Å². The van der Waals surface area contributed by atoms with E-state index in [1.54, 1.807) is 5.57 Å². The molecule has 7 rings (SSSR count). The molecule has 1 aliphatic rings. The van der Waals surface area contributed by atoms with E-state index in [1.165, 1.54) is 39.6 Å². The Hall–Kier alpha value is -4.64. The number of para-hydroxylation sites is 1. The summed E-state index contributed by atoms with van der Waals surface area (Å²) in [4.78, 5) is 4.88. The van der Waals surface area contributed by atoms with Gasteiger partial charge in [0.2, 0.25) is 0 Å². The first-order chi connectivity index (χ1) is 25.7. The van der Waals surface area contributed by atoms with Crippen LogP contribution in [0.25, 0.3) is 33.3 Å². The summed E-state index contributed by atoms with van der Waals surface area (Å²) < 4.78 is 11.3. The molecule has 5 nitrogen and oxygen atoms in total. The normalized spacial score (nSPS) is 18.4. The number of fused-ring (bicyclic) bond motifs is 3. The van der Waals surface area contributed by atoms with Gasteiger partial charge in [0.05, 0.1) is 22.4 Å². The molecule has 55 heavy (non-hydrogen) atoms. The lowest BCUT2D eigenvalue weighted by Gasteiger charge is -2.46. The fraction of sp³-hybridized carbons (Fsp3) is 0.440. The van der Waals surface area contributed by atoms with E-state index in [4.69, 9.17) is 14.8 Å². The molecule has 3 aromatic heterocycles. The van der Waals surface area contributed by atoms with Gasteiger partial charge in [0, 0.05) is 46.3 Å². The number of benzene rings is 3. The van der Waals surface area contributed by atoms with E-state index in [0.717, 1.165) is 39.7 Å². The molecule has 0 saturated heterocycles. The Labute approximate surface area is 329 Å². The minimum Gasteiger partial charge on any atom is -0.457 e. The number of nitrogens with zero attached hydrogens (tertiary/aromatic N) is 4.